The highest BCUT2D eigenvalue weighted by atomic mass is 16.2. The maximum atomic E-state index is 13.5. The molecule has 6 atom stereocenters. The smallest absolute Gasteiger partial charge is 0.287 e. The predicted octanol–water partition coefficient (Wildman–Crippen LogP) is -0.0306. The average molecular weight is 435 g/mol. The van der Waals surface area contributed by atoms with Crippen LogP contribution in [0.15, 0.2) is 0 Å². The molecule has 0 aromatic heterocycles. The number of piperidine rings is 1. The lowest BCUT2D eigenvalue weighted by molar-refractivity contribution is -0.146. The first-order valence-corrected chi connectivity index (χ1v) is 10.9. The summed E-state index contributed by atoms with van der Waals surface area (Å²) in [6.45, 7) is 12.0. The number of ketones is 1. The summed E-state index contributed by atoms with van der Waals surface area (Å²) in [5, 5.41) is 5.41. The number of carbonyl (C=O) groups excluding carboxylic acids is 5. The van der Waals surface area contributed by atoms with Gasteiger partial charge in [0.1, 0.15) is 17.6 Å². The minimum Gasteiger partial charge on any atom is -0.363 e. The number of Topliss-reactive ketones (excluding diaryl/α,β-unsaturated/α-hetero) is 1. The van der Waals surface area contributed by atoms with Crippen molar-refractivity contribution in [2.45, 2.75) is 72.0 Å². The van der Waals surface area contributed by atoms with E-state index in [4.69, 9.17) is 5.73 Å². The third kappa shape index (κ3) is 3.61. The first-order chi connectivity index (χ1) is 14.2. The number of hydrogen-bond acceptors (Lipinski definition) is 5. The van der Waals surface area contributed by atoms with Crippen molar-refractivity contribution < 1.29 is 24.0 Å². The molecule has 0 aromatic rings. The van der Waals surface area contributed by atoms with E-state index in [-0.39, 0.29) is 29.1 Å². The fraction of sp³-hybridized carbons (Fsp3) is 0.773. The van der Waals surface area contributed by atoms with Crippen molar-refractivity contribution in [3.05, 3.63) is 0 Å². The van der Waals surface area contributed by atoms with Crippen molar-refractivity contribution in [2.24, 2.45) is 34.3 Å². The van der Waals surface area contributed by atoms with Gasteiger partial charge in [-0.05, 0) is 35.0 Å². The molecule has 3 aliphatic rings. The molecule has 31 heavy (non-hydrogen) atoms. The summed E-state index contributed by atoms with van der Waals surface area (Å²) in [6, 6.07) is -1.55. The molecule has 0 radical (unpaired) electrons. The zero-order valence-electron chi connectivity index (χ0n) is 19.2. The third-order valence-corrected chi connectivity index (χ3v) is 7.68. The van der Waals surface area contributed by atoms with E-state index in [1.165, 1.54) is 4.90 Å². The Bertz CT molecular complexity index is 832. The van der Waals surface area contributed by atoms with E-state index in [9.17, 15) is 24.0 Å². The Labute approximate surface area is 182 Å². The van der Waals surface area contributed by atoms with Crippen LogP contribution in [0.25, 0.3) is 0 Å². The fourth-order valence-corrected chi connectivity index (χ4v) is 5.56. The largest absolute Gasteiger partial charge is 0.363 e. The van der Waals surface area contributed by atoms with Gasteiger partial charge in [-0.15, -0.1) is 0 Å². The van der Waals surface area contributed by atoms with Gasteiger partial charge in [0.2, 0.25) is 24.0 Å². The van der Waals surface area contributed by atoms with Crippen LogP contribution in [0, 0.1) is 28.6 Å². The van der Waals surface area contributed by atoms with Crippen LogP contribution in [0.3, 0.4) is 0 Å². The van der Waals surface area contributed by atoms with Gasteiger partial charge in [0.25, 0.3) is 5.91 Å². The van der Waals surface area contributed by atoms with E-state index < -0.39 is 40.6 Å². The molecule has 9 heteroatoms. The molecule has 4 N–H and O–H groups in total. The van der Waals surface area contributed by atoms with Gasteiger partial charge in [-0.3, -0.25) is 24.0 Å². The van der Waals surface area contributed by atoms with E-state index in [1.54, 1.807) is 0 Å². The van der Waals surface area contributed by atoms with Gasteiger partial charge < -0.3 is 21.3 Å². The molecule has 9 nitrogen and oxygen atoms in total. The molecule has 0 bridgehead atoms. The zero-order chi connectivity index (χ0) is 23.5. The molecular weight excluding hydrogens is 400 g/mol. The lowest BCUT2D eigenvalue weighted by atomic mass is 9.85. The molecule has 2 aliphatic carbocycles. The highest BCUT2D eigenvalue weighted by Crippen LogP contribution is 2.65. The molecule has 1 heterocycles. The number of nitrogens with one attached hydrogen (secondary N) is 2. The van der Waals surface area contributed by atoms with E-state index >= 15 is 0 Å². The number of hydrogen-bond donors (Lipinski definition) is 3. The minimum absolute atomic E-state index is 0.0483. The lowest BCUT2D eigenvalue weighted by Crippen LogP contribution is -2.60. The summed E-state index contributed by atoms with van der Waals surface area (Å²) < 4.78 is 0. The van der Waals surface area contributed by atoms with Gasteiger partial charge in [-0.2, -0.15) is 0 Å². The molecule has 3 fully saturated rings. The second-order valence-corrected chi connectivity index (χ2v) is 10.9. The normalized spacial score (nSPS) is 33.7. The van der Waals surface area contributed by atoms with Gasteiger partial charge in [0, 0.05) is 6.54 Å². The Hall–Kier alpha value is -2.45. The molecule has 1 saturated heterocycles. The van der Waals surface area contributed by atoms with Crippen molar-refractivity contribution in [1.82, 2.24) is 15.5 Å². The molecule has 1 aliphatic heterocycles. The Morgan fingerprint density at radius 3 is 2.29 bits per heavy atom. The second-order valence-electron chi connectivity index (χ2n) is 10.9. The molecule has 4 amide bonds. The summed E-state index contributed by atoms with van der Waals surface area (Å²) in [7, 11) is 0. The number of primary amides is 1. The second kappa shape index (κ2) is 7.31. The van der Waals surface area contributed by atoms with Crippen molar-refractivity contribution in [2.75, 3.05) is 6.54 Å². The Morgan fingerprint density at radius 1 is 1.23 bits per heavy atom. The number of likely N-dealkylation sites (tertiary alicyclic amines) is 1. The summed E-state index contributed by atoms with van der Waals surface area (Å²) in [5.41, 5.74) is 3.31. The van der Waals surface area contributed by atoms with Gasteiger partial charge in [0.15, 0.2) is 0 Å². The highest BCUT2D eigenvalue weighted by molar-refractivity contribution is 6.40. The standard InChI is InChI=1S/C22H34N4O5/c1-7-11-8-22(11,16(28)17(23)29)25-18(30)14-13-12(21(13,5)6)9-26(14)19(31)15(24-10-27)20(2,3)4/h10-15H,7-9H2,1-6H3,(H2,23,29)(H,24,27)(H,25,30)/t11-,12+,13+,14+,15-,22+/m1/s1. The third-order valence-electron chi connectivity index (χ3n) is 7.68. The average Bonchev–Trinajstić information content (AvgIpc) is 3.41. The molecule has 3 rings (SSSR count). The van der Waals surface area contributed by atoms with Crippen LogP contribution < -0.4 is 16.4 Å². The van der Waals surface area contributed by atoms with Gasteiger partial charge in [-0.1, -0.05) is 48.0 Å². The number of nitrogens with zero attached hydrogens (tertiary/aromatic N) is 1. The highest BCUT2D eigenvalue weighted by Gasteiger charge is 2.71. The Kier molecular flexibility index (Phi) is 5.47. The van der Waals surface area contributed by atoms with Crippen LogP contribution >= 0.6 is 0 Å². The Morgan fingerprint density at radius 2 is 1.84 bits per heavy atom. The number of rotatable bonds is 8. The quantitative estimate of drug-likeness (QED) is 0.364. The van der Waals surface area contributed by atoms with Crippen molar-refractivity contribution in [1.29, 1.82) is 0 Å². The molecule has 0 aromatic carbocycles. The zero-order valence-corrected chi connectivity index (χ0v) is 19.2. The SMILES string of the molecule is CC[C@@H]1C[C@@]1(NC(=O)[C@@H]1[C@@H]2[C@H](CN1C(=O)[C@@H](NC=O)C(C)(C)C)C2(C)C)C(=O)C(N)=O. The van der Waals surface area contributed by atoms with Crippen molar-refractivity contribution in [3.8, 4) is 0 Å². The van der Waals surface area contributed by atoms with Crippen molar-refractivity contribution in [3.63, 3.8) is 0 Å². The molecule has 2 saturated carbocycles. The number of amides is 4. The maximum Gasteiger partial charge on any atom is 0.287 e. The topological polar surface area (TPSA) is 139 Å². The van der Waals surface area contributed by atoms with E-state index in [2.05, 4.69) is 24.5 Å². The summed E-state index contributed by atoms with van der Waals surface area (Å²) in [5.74, 6) is -2.64. The number of fused-ring (bicyclic) bond motifs is 1. The first kappa shape index (κ1) is 23.2. The van der Waals surface area contributed by atoms with Gasteiger partial charge in [0.05, 0.1) is 0 Å². The molecular formula is C22H34N4O5. The van der Waals surface area contributed by atoms with Crippen LogP contribution in [-0.2, 0) is 24.0 Å². The number of carbonyl (C=O) groups is 5. The van der Waals surface area contributed by atoms with Crippen LogP contribution in [0.4, 0.5) is 0 Å². The van der Waals surface area contributed by atoms with E-state index in [0.717, 1.165) is 0 Å². The van der Waals surface area contributed by atoms with Crippen LogP contribution in [0.1, 0.15) is 54.4 Å². The van der Waals surface area contributed by atoms with Crippen LogP contribution in [0.5, 0.6) is 0 Å². The fourth-order valence-electron chi connectivity index (χ4n) is 5.56. The molecule has 0 spiro atoms. The first-order valence-electron chi connectivity index (χ1n) is 10.9. The lowest BCUT2D eigenvalue weighted by Gasteiger charge is -2.37. The van der Waals surface area contributed by atoms with Gasteiger partial charge >= 0.3 is 0 Å². The minimum atomic E-state index is -1.27. The number of nitrogens with two attached hydrogens (primary N) is 1. The molecule has 0 unspecified atom stereocenters. The Balaban J connectivity index is 1.88. The maximum absolute atomic E-state index is 13.5. The van der Waals surface area contributed by atoms with Crippen LogP contribution in [-0.4, -0.2) is 59.0 Å². The van der Waals surface area contributed by atoms with E-state index in [1.807, 2.05) is 27.7 Å². The summed E-state index contributed by atoms with van der Waals surface area (Å²) in [4.78, 5) is 63.6. The molecule has 172 valence electrons. The van der Waals surface area contributed by atoms with Crippen LogP contribution in [0.2, 0.25) is 0 Å². The predicted molar refractivity (Wildman–Crippen MR) is 112 cm³/mol. The van der Waals surface area contributed by atoms with Crippen molar-refractivity contribution >= 4 is 29.9 Å². The summed E-state index contributed by atoms with van der Waals surface area (Å²) >= 11 is 0. The summed E-state index contributed by atoms with van der Waals surface area (Å²) in [6.07, 6.45) is 1.49. The van der Waals surface area contributed by atoms with Gasteiger partial charge in [-0.25, -0.2) is 0 Å². The monoisotopic (exact) mass is 434 g/mol. The van der Waals surface area contributed by atoms with E-state index in [0.29, 0.717) is 25.8 Å².